The van der Waals surface area contributed by atoms with Gasteiger partial charge in [0.2, 0.25) is 0 Å². The molecule has 0 fully saturated rings. The Morgan fingerprint density at radius 3 is 2.70 bits per heavy atom. The number of rotatable bonds is 5. The van der Waals surface area contributed by atoms with Crippen LogP contribution in [0.1, 0.15) is 21.3 Å². The minimum absolute atomic E-state index is 0.105. The number of benzene rings is 2. The number of halogens is 1. The van der Waals surface area contributed by atoms with Gasteiger partial charge in [-0.3, -0.25) is 4.79 Å². The van der Waals surface area contributed by atoms with Gasteiger partial charge in [-0.2, -0.15) is 0 Å². The van der Waals surface area contributed by atoms with Crippen molar-refractivity contribution in [2.45, 2.75) is 6.10 Å². The molecule has 2 aromatic carbocycles. The summed E-state index contributed by atoms with van der Waals surface area (Å²) in [5.74, 6) is -0.105. The first-order chi connectivity index (χ1) is 11.2. The number of nitrogens with one attached hydrogen (secondary N) is 1. The van der Waals surface area contributed by atoms with Crippen molar-refractivity contribution in [1.29, 1.82) is 0 Å². The van der Waals surface area contributed by atoms with Gasteiger partial charge in [0.1, 0.15) is 6.10 Å². The van der Waals surface area contributed by atoms with Gasteiger partial charge >= 0.3 is 0 Å². The minimum atomic E-state index is -0.202. The van der Waals surface area contributed by atoms with Crippen LogP contribution in [0.5, 0.6) is 0 Å². The fourth-order valence-electron chi connectivity index (χ4n) is 2.51. The Morgan fingerprint density at radius 1 is 1.17 bits per heavy atom. The lowest BCUT2D eigenvalue weighted by Gasteiger charge is -2.15. The Kier molecular flexibility index (Phi) is 4.96. The molecule has 3 rings (SSSR count). The molecule has 0 radical (unpaired) electrons. The normalized spacial score (nSPS) is 12.3. The van der Waals surface area contributed by atoms with Crippen molar-refractivity contribution in [3.63, 3.8) is 0 Å². The molecule has 3 nitrogen and oxygen atoms in total. The SMILES string of the molecule is CO[C@@H](CNC(=O)c1cccc2ccccc12)c1ccc(Cl)s1. The van der Waals surface area contributed by atoms with Crippen molar-refractivity contribution >= 4 is 39.6 Å². The van der Waals surface area contributed by atoms with Crippen molar-refractivity contribution < 1.29 is 9.53 Å². The lowest BCUT2D eigenvalue weighted by atomic mass is 10.0. The van der Waals surface area contributed by atoms with Crippen LogP contribution in [0, 0.1) is 0 Å². The third-order valence-electron chi connectivity index (χ3n) is 3.68. The third kappa shape index (κ3) is 3.55. The van der Waals surface area contributed by atoms with E-state index in [-0.39, 0.29) is 12.0 Å². The molecular formula is C18H16ClNO2S. The maximum Gasteiger partial charge on any atom is 0.252 e. The summed E-state index contributed by atoms with van der Waals surface area (Å²) in [6.07, 6.45) is -0.202. The van der Waals surface area contributed by atoms with E-state index in [1.165, 1.54) is 11.3 Å². The van der Waals surface area contributed by atoms with Crippen LogP contribution in [0.3, 0.4) is 0 Å². The fraction of sp³-hybridized carbons (Fsp3) is 0.167. The molecule has 0 spiro atoms. The fourth-order valence-corrected chi connectivity index (χ4v) is 3.64. The topological polar surface area (TPSA) is 38.3 Å². The number of thiophene rings is 1. The van der Waals surface area contributed by atoms with Crippen LogP contribution >= 0.6 is 22.9 Å². The van der Waals surface area contributed by atoms with E-state index in [0.717, 1.165) is 15.6 Å². The average Bonchev–Trinajstić information content (AvgIpc) is 3.01. The summed E-state index contributed by atoms with van der Waals surface area (Å²) in [5.41, 5.74) is 0.669. The quantitative estimate of drug-likeness (QED) is 0.729. The molecule has 0 bridgehead atoms. The summed E-state index contributed by atoms with van der Waals surface area (Å²) >= 11 is 7.42. The first kappa shape index (κ1) is 16.0. The molecule has 3 aromatic rings. The maximum atomic E-state index is 12.5. The molecule has 0 unspecified atom stereocenters. The molecule has 0 aliphatic rings. The lowest BCUT2D eigenvalue weighted by molar-refractivity contribution is 0.0839. The Hall–Kier alpha value is -1.88. The largest absolute Gasteiger partial charge is 0.374 e. The van der Waals surface area contributed by atoms with E-state index in [1.54, 1.807) is 7.11 Å². The first-order valence-corrected chi connectivity index (χ1v) is 8.42. The van der Waals surface area contributed by atoms with Gasteiger partial charge in [-0.25, -0.2) is 0 Å². The van der Waals surface area contributed by atoms with E-state index in [2.05, 4.69) is 5.32 Å². The molecule has 0 aliphatic heterocycles. The summed E-state index contributed by atoms with van der Waals surface area (Å²) in [4.78, 5) is 13.5. The number of carbonyl (C=O) groups excluding carboxylic acids is 1. The highest BCUT2D eigenvalue weighted by Gasteiger charge is 2.16. The lowest BCUT2D eigenvalue weighted by Crippen LogP contribution is -2.29. The van der Waals surface area contributed by atoms with Gasteiger partial charge in [-0.05, 0) is 29.0 Å². The smallest absolute Gasteiger partial charge is 0.252 e. The highest BCUT2D eigenvalue weighted by atomic mass is 35.5. The summed E-state index contributed by atoms with van der Waals surface area (Å²) < 4.78 is 6.17. The monoisotopic (exact) mass is 345 g/mol. The molecule has 1 N–H and O–H groups in total. The molecule has 1 atom stereocenters. The summed E-state index contributed by atoms with van der Waals surface area (Å²) in [6.45, 7) is 0.398. The van der Waals surface area contributed by atoms with Gasteiger partial charge in [-0.15, -0.1) is 11.3 Å². The molecule has 23 heavy (non-hydrogen) atoms. The highest BCUT2D eigenvalue weighted by Crippen LogP contribution is 2.28. The van der Waals surface area contributed by atoms with Crippen molar-refractivity contribution in [1.82, 2.24) is 5.32 Å². The zero-order valence-electron chi connectivity index (χ0n) is 12.6. The number of methoxy groups -OCH3 is 1. The average molecular weight is 346 g/mol. The van der Waals surface area contributed by atoms with Crippen molar-refractivity contribution in [2.24, 2.45) is 0 Å². The number of hydrogen-bond acceptors (Lipinski definition) is 3. The summed E-state index contributed by atoms with van der Waals surface area (Å²) in [6, 6.07) is 17.3. The van der Waals surface area contributed by atoms with E-state index < -0.39 is 0 Å². The van der Waals surface area contributed by atoms with Gasteiger partial charge in [-0.1, -0.05) is 48.0 Å². The van der Waals surface area contributed by atoms with Crippen LogP contribution in [0.4, 0.5) is 0 Å². The molecule has 1 heterocycles. The second-order valence-corrected chi connectivity index (χ2v) is 6.85. The maximum absolute atomic E-state index is 12.5. The second kappa shape index (κ2) is 7.13. The molecule has 0 saturated heterocycles. The molecule has 5 heteroatoms. The van der Waals surface area contributed by atoms with Crippen LogP contribution in [0.15, 0.2) is 54.6 Å². The molecule has 0 saturated carbocycles. The van der Waals surface area contributed by atoms with Crippen molar-refractivity contribution in [3.05, 3.63) is 69.4 Å². The number of fused-ring (bicyclic) bond motifs is 1. The third-order valence-corrected chi connectivity index (χ3v) is 5.00. The molecule has 0 aliphatic carbocycles. The van der Waals surface area contributed by atoms with Crippen LogP contribution in [-0.4, -0.2) is 19.6 Å². The van der Waals surface area contributed by atoms with E-state index >= 15 is 0 Å². The van der Waals surface area contributed by atoms with E-state index in [1.807, 2.05) is 54.6 Å². The predicted octanol–water partition coefficient (Wildman–Crippen LogP) is 4.67. The number of amides is 1. The minimum Gasteiger partial charge on any atom is -0.374 e. The Labute approximate surface area is 143 Å². The Morgan fingerprint density at radius 2 is 1.96 bits per heavy atom. The molecule has 1 amide bonds. The number of hydrogen-bond donors (Lipinski definition) is 1. The molecule has 1 aromatic heterocycles. The Bertz CT molecular complexity index is 825. The van der Waals surface area contributed by atoms with E-state index in [9.17, 15) is 4.79 Å². The second-order valence-electron chi connectivity index (χ2n) is 5.10. The molecular weight excluding hydrogens is 330 g/mol. The van der Waals surface area contributed by atoms with Gasteiger partial charge in [0, 0.05) is 24.1 Å². The zero-order chi connectivity index (χ0) is 16.2. The van der Waals surface area contributed by atoms with Crippen molar-refractivity contribution in [3.8, 4) is 0 Å². The van der Waals surface area contributed by atoms with Gasteiger partial charge < -0.3 is 10.1 Å². The van der Waals surface area contributed by atoms with E-state index in [0.29, 0.717) is 16.4 Å². The summed E-state index contributed by atoms with van der Waals surface area (Å²) in [5, 5.41) is 4.94. The van der Waals surface area contributed by atoms with Crippen LogP contribution < -0.4 is 5.32 Å². The highest BCUT2D eigenvalue weighted by molar-refractivity contribution is 7.16. The first-order valence-electron chi connectivity index (χ1n) is 7.23. The number of carbonyl (C=O) groups is 1. The van der Waals surface area contributed by atoms with Gasteiger partial charge in [0.05, 0.1) is 4.34 Å². The van der Waals surface area contributed by atoms with Crippen LogP contribution in [0.25, 0.3) is 10.8 Å². The van der Waals surface area contributed by atoms with Crippen molar-refractivity contribution in [2.75, 3.05) is 13.7 Å². The zero-order valence-corrected chi connectivity index (χ0v) is 14.2. The van der Waals surface area contributed by atoms with Crippen LogP contribution in [-0.2, 0) is 4.74 Å². The van der Waals surface area contributed by atoms with E-state index in [4.69, 9.17) is 16.3 Å². The van der Waals surface area contributed by atoms with Crippen LogP contribution in [0.2, 0.25) is 4.34 Å². The van der Waals surface area contributed by atoms with Gasteiger partial charge in [0.25, 0.3) is 5.91 Å². The standard InChI is InChI=1S/C18H16ClNO2S/c1-22-15(16-9-10-17(19)23-16)11-20-18(21)14-8-4-6-12-5-2-3-7-13(12)14/h2-10,15H,11H2,1H3,(H,20,21)/t15-/m0/s1. The Balaban J connectivity index is 1.75. The molecule has 118 valence electrons. The predicted molar refractivity (Wildman–Crippen MR) is 95.4 cm³/mol. The summed E-state index contributed by atoms with van der Waals surface area (Å²) in [7, 11) is 1.63. The van der Waals surface area contributed by atoms with Gasteiger partial charge in [0.15, 0.2) is 0 Å². The number of ether oxygens (including phenoxy) is 1.